The van der Waals surface area contributed by atoms with Gasteiger partial charge in [-0.15, -0.1) is 11.3 Å². The summed E-state index contributed by atoms with van der Waals surface area (Å²) in [5.74, 6) is 0. The van der Waals surface area contributed by atoms with Crippen LogP contribution in [0.25, 0.3) is 0 Å². The quantitative estimate of drug-likeness (QED) is 0.659. The number of para-hydroxylation sites is 1. The molecule has 0 aliphatic carbocycles. The Morgan fingerprint density at radius 2 is 1.93 bits per heavy atom. The van der Waals surface area contributed by atoms with Crippen LogP contribution in [0.5, 0.6) is 0 Å². The van der Waals surface area contributed by atoms with Gasteiger partial charge in [-0.1, -0.05) is 31.2 Å². The summed E-state index contributed by atoms with van der Waals surface area (Å²) < 4.78 is 5.67. The lowest BCUT2D eigenvalue weighted by Crippen LogP contribution is -2.61. The number of aliphatic hydroxyl groups is 1. The lowest BCUT2D eigenvalue weighted by molar-refractivity contribution is 0.0369. The predicted octanol–water partition coefficient (Wildman–Crippen LogP) is 4.01. The highest BCUT2D eigenvalue weighted by molar-refractivity contribution is 7.09. The summed E-state index contributed by atoms with van der Waals surface area (Å²) in [4.78, 5) is 6.22. The topological polar surface area (TPSA) is 35.9 Å². The monoisotopic (exact) mass is 388 g/mol. The SMILES string of the molecule is CCC(O)N(c1ccccc1)C1(COC)CCN(CCc2cccs2)CC1. The second-order valence-corrected chi connectivity index (χ2v) is 8.46. The number of benzene rings is 1. The fraction of sp³-hybridized carbons (Fsp3) is 0.545. The third kappa shape index (κ3) is 4.91. The molecule has 1 saturated heterocycles. The van der Waals surface area contributed by atoms with E-state index in [1.165, 1.54) is 4.88 Å². The third-order valence-electron chi connectivity index (χ3n) is 5.66. The van der Waals surface area contributed by atoms with E-state index in [0.29, 0.717) is 13.0 Å². The lowest BCUT2D eigenvalue weighted by Gasteiger charge is -2.51. The van der Waals surface area contributed by atoms with Gasteiger partial charge < -0.3 is 19.6 Å². The molecule has 0 radical (unpaired) electrons. The van der Waals surface area contributed by atoms with Gasteiger partial charge >= 0.3 is 0 Å². The number of methoxy groups -OCH3 is 1. The van der Waals surface area contributed by atoms with Gasteiger partial charge in [0.25, 0.3) is 0 Å². The Hall–Kier alpha value is -1.40. The molecular formula is C22H32N2O2S. The number of aliphatic hydroxyl groups excluding tert-OH is 1. The summed E-state index contributed by atoms with van der Waals surface area (Å²) in [5, 5.41) is 13.0. The fourth-order valence-corrected chi connectivity index (χ4v) is 4.87. The average Bonchev–Trinajstić information content (AvgIpc) is 3.22. The molecule has 1 unspecified atom stereocenters. The van der Waals surface area contributed by atoms with Gasteiger partial charge in [-0.2, -0.15) is 0 Å². The van der Waals surface area contributed by atoms with Crippen LogP contribution in [0.15, 0.2) is 47.8 Å². The molecule has 1 aliphatic heterocycles. The van der Waals surface area contributed by atoms with E-state index in [1.807, 2.05) is 36.5 Å². The Labute approximate surface area is 167 Å². The number of nitrogens with zero attached hydrogens (tertiary/aromatic N) is 2. The van der Waals surface area contributed by atoms with E-state index in [2.05, 4.69) is 39.4 Å². The molecule has 1 aromatic heterocycles. The number of rotatable bonds is 9. The van der Waals surface area contributed by atoms with E-state index >= 15 is 0 Å². The highest BCUT2D eigenvalue weighted by Crippen LogP contribution is 2.35. The van der Waals surface area contributed by atoms with Gasteiger partial charge in [0.05, 0.1) is 12.1 Å². The van der Waals surface area contributed by atoms with E-state index in [9.17, 15) is 5.11 Å². The molecule has 1 fully saturated rings. The van der Waals surface area contributed by atoms with E-state index in [4.69, 9.17) is 4.74 Å². The van der Waals surface area contributed by atoms with Crippen molar-refractivity contribution in [3.05, 3.63) is 52.7 Å². The molecule has 0 bridgehead atoms. The number of hydrogen-bond acceptors (Lipinski definition) is 5. The van der Waals surface area contributed by atoms with E-state index in [1.54, 1.807) is 7.11 Å². The summed E-state index contributed by atoms with van der Waals surface area (Å²) in [5.41, 5.74) is 0.918. The van der Waals surface area contributed by atoms with Crippen molar-refractivity contribution >= 4 is 17.0 Å². The number of thiophene rings is 1. The van der Waals surface area contributed by atoms with Crippen LogP contribution in [0.1, 0.15) is 31.1 Å². The number of hydrogen-bond donors (Lipinski definition) is 1. The van der Waals surface area contributed by atoms with Gasteiger partial charge in [0.1, 0.15) is 6.23 Å². The molecule has 1 aliphatic rings. The molecule has 1 atom stereocenters. The van der Waals surface area contributed by atoms with Crippen LogP contribution < -0.4 is 4.90 Å². The van der Waals surface area contributed by atoms with Crippen LogP contribution in [0.3, 0.4) is 0 Å². The van der Waals surface area contributed by atoms with Crippen molar-refractivity contribution in [2.45, 2.75) is 44.4 Å². The molecule has 2 heterocycles. The minimum Gasteiger partial charge on any atom is -0.382 e. The highest BCUT2D eigenvalue weighted by Gasteiger charge is 2.42. The Bertz CT molecular complexity index is 654. The lowest BCUT2D eigenvalue weighted by atomic mass is 9.85. The number of ether oxygens (including phenoxy) is 1. The van der Waals surface area contributed by atoms with Crippen molar-refractivity contribution < 1.29 is 9.84 Å². The minimum absolute atomic E-state index is 0.162. The number of anilines is 1. The summed E-state index contributed by atoms with van der Waals surface area (Å²) in [6.45, 7) is 5.85. The van der Waals surface area contributed by atoms with Crippen LogP contribution in [0.4, 0.5) is 5.69 Å². The highest BCUT2D eigenvalue weighted by atomic mass is 32.1. The van der Waals surface area contributed by atoms with Crippen LogP contribution in [0, 0.1) is 0 Å². The predicted molar refractivity (Wildman–Crippen MR) is 114 cm³/mol. The first-order valence-electron chi connectivity index (χ1n) is 9.94. The normalized spacial score (nSPS) is 18.3. The third-order valence-corrected chi connectivity index (χ3v) is 6.60. The van der Waals surface area contributed by atoms with Gasteiger partial charge in [0.2, 0.25) is 0 Å². The first kappa shape index (κ1) is 20.3. The van der Waals surface area contributed by atoms with Gasteiger partial charge in [0, 0.05) is 37.3 Å². The number of likely N-dealkylation sites (tertiary alicyclic amines) is 1. The Morgan fingerprint density at radius 1 is 1.19 bits per heavy atom. The van der Waals surface area contributed by atoms with Gasteiger partial charge in [-0.3, -0.25) is 0 Å². The van der Waals surface area contributed by atoms with Crippen molar-refractivity contribution in [1.29, 1.82) is 0 Å². The van der Waals surface area contributed by atoms with Gasteiger partial charge in [-0.25, -0.2) is 0 Å². The van der Waals surface area contributed by atoms with Crippen molar-refractivity contribution in [3.8, 4) is 0 Å². The maximum atomic E-state index is 10.9. The van der Waals surface area contributed by atoms with E-state index in [0.717, 1.165) is 44.6 Å². The van der Waals surface area contributed by atoms with Crippen LogP contribution >= 0.6 is 11.3 Å². The molecule has 0 amide bonds. The van der Waals surface area contributed by atoms with E-state index in [-0.39, 0.29) is 5.54 Å². The second-order valence-electron chi connectivity index (χ2n) is 7.42. The maximum absolute atomic E-state index is 10.9. The smallest absolute Gasteiger partial charge is 0.127 e. The summed E-state index contributed by atoms with van der Waals surface area (Å²) in [7, 11) is 1.77. The molecule has 0 saturated carbocycles. The molecule has 3 rings (SSSR count). The molecule has 5 heteroatoms. The molecule has 148 valence electrons. The second kappa shape index (κ2) is 9.69. The summed E-state index contributed by atoms with van der Waals surface area (Å²) in [6, 6.07) is 14.7. The summed E-state index contributed by atoms with van der Waals surface area (Å²) in [6.07, 6.45) is 3.31. The zero-order valence-electron chi connectivity index (χ0n) is 16.5. The molecular weight excluding hydrogens is 356 g/mol. The Balaban J connectivity index is 1.72. The van der Waals surface area contributed by atoms with Crippen LogP contribution in [-0.2, 0) is 11.2 Å². The zero-order valence-corrected chi connectivity index (χ0v) is 17.3. The molecule has 1 aromatic carbocycles. The largest absolute Gasteiger partial charge is 0.382 e. The number of piperidine rings is 1. The molecule has 1 N–H and O–H groups in total. The van der Waals surface area contributed by atoms with Gasteiger partial charge in [0.15, 0.2) is 0 Å². The van der Waals surface area contributed by atoms with Crippen molar-refractivity contribution in [2.24, 2.45) is 0 Å². The fourth-order valence-electron chi connectivity index (χ4n) is 4.17. The standard InChI is InChI=1S/C22H32N2O2S/c1-3-21(25)24(19-8-5-4-6-9-19)22(18-26-2)12-15-23(16-13-22)14-11-20-10-7-17-27-20/h4-10,17,21,25H,3,11-16,18H2,1-2H3. The first-order valence-corrected chi connectivity index (χ1v) is 10.8. The Morgan fingerprint density at radius 3 is 2.52 bits per heavy atom. The first-order chi connectivity index (χ1) is 13.2. The van der Waals surface area contributed by atoms with Crippen LogP contribution in [-0.4, -0.2) is 55.1 Å². The molecule has 4 nitrogen and oxygen atoms in total. The minimum atomic E-state index is -0.500. The van der Waals surface area contributed by atoms with E-state index < -0.39 is 6.23 Å². The van der Waals surface area contributed by atoms with Crippen molar-refractivity contribution in [3.63, 3.8) is 0 Å². The van der Waals surface area contributed by atoms with Crippen LogP contribution in [0.2, 0.25) is 0 Å². The summed E-state index contributed by atoms with van der Waals surface area (Å²) >= 11 is 1.84. The zero-order chi connectivity index (χ0) is 19.1. The maximum Gasteiger partial charge on any atom is 0.127 e. The molecule has 2 aromatic rings. The molecule has 27 heavy (non-hydrogen) atoms. The van der Waals surface area contributed by atoms with Gasteiger partial charge in [-0.05, 0) is 49.3 Å². The van der Waals surface area contributed by atoms with Crippen molar-refractivity contribution in [1.82, 2.24) is 4.90 Å². The molecule has 0 spiro atoms. The van der Waals surface area contributed by atoms with Crippen molar-refractivity contribution in [2.75, 3.05) is 38.3 Å². The Kier molecular flexibility index (Phi) is 7.30. The average molecular weight is 389 g/mol.